The van der Waals surface area contributed by atoms with Gasteiger partial charge in [-0.2, -0.15) is 5.26 Å². The zero-order valence-electron chi connectivity index (χ0n) is 14.5. The number of anilines is 1. The summed E-state index contributed by atoms with van der Waals surface area (Å²) < 4.78 is 0. The van der Waals surface area contributed by atoms with E-state index in [9.17, 15) is 15.3 Å². The van der Waals surface area contributed by atoms with Gasteiger partial charge in [-0.25, -0.2) is 0 Å². The Morgan fingerprint density at radius 2 is 1.92 bits per heavy atom. The lowest BCUT2D eigenvalue weighted by Crippen LogP contribution is -2.45. The van der Waals surface area contributed by atoms with Crippen LogP contribution in [0, 0.1) is 11.3 Å². The number of nitrogens with zero attached hydrogens (tertiary/aromatic N) is 3. The molecule has 4 atom stereocenters. The molecule has 3 rings (SSSR count). The summed E-state index contributed by atoms with van der Waals surface area (Å²) in [7, 11) is 0. The number of aliphatic hydroxyl groups excluding tert-OH is 3. The summed E-state index contributed by atoms with van der Waals surface area (Å²) in [5.74, 6) is 0. The summed E-state index contributed by atoms with van der Waals surface area (Å²) in [5.41, 5.74) is 2.34. The number of para-hydroxylation sites is 1. The summed E-state index contributed by atoms with van der Waals surface area (Å²) >= 11 is 0. The number of rotatable bonds is 6. The van der Waals surface area contributed by atoms with Crippen molar-refractivity contribution in [3.8, 4) is 6.07 Å². The largest absolute Gasteiger partial charge is 0.391 e. The van der Waals surface area contributed by atoms with Crippen LogP contribution in [0.5, 0.6) is 0 Å². The quantitative estimate of drug-likeness (QED) is 0.708. The highest BCUT2D eigenvalue weighted by molar-refractivity contribution is 5.54. The third-order valence-electron chi connectivity index (χ3n) is 5.35. The van der Waals surface area contributed by atoms with Gasteiger partial charge in [-0.05, 0) is 30.9 Å². The van der Waals surface area contributed by atoms with E-state index in [0.29, 0.717) is 19.5 Å². The minimum atomic E-state index is -0.993. The maximum Gasteiger partial charge on any atom is 0.0991 e. The van der Waals surface area contributed by atoms with E-state index in [-0.39, 0.29) is 6.42 Å². The normalized spacial score (nSPS) is 28.2. The second-order valence-electron chi connectivity index (χ2n) is 7.06. The lowest BCUT2D eigenvalue weighted by atomic mass is 10.00. The van der Waals surface area contributed by atoms with Gasteiger partial charge < -0.3 is 20.2 Å². The van der Waals surface area contributed by atoms with Crippen molar-refractivity contribution in [1.82, 2.24) is 4.90 Å². The molecule has 0 amide bonds. The Morgan fingerprint density at radius 3 is 2.64 bits per heavy atom. The van der Waals surface area contributed by atoms with E-state index in [1.54, 1.807) is 0 Å². The SMILES string of the molecule is N#CCC[C@H](O)[C@H]1[C@@H](O)[C@@H](O)CN1Cc1ccccc1N1CCCC1. The van der Waals surface area contributed by atoms with E-state index in [4.69, 9.17) is 5.26 Å². The van der Waals surface area contributed by atoms with Crippen molar-refractivity contribution in [3.63, 3.8) is 0 Å². The molecule has 0 unspecified atom stereocenters. The number of aliphatic hydroxyl groups is 3. The molecule has 6 nitrogen and oxygen atoms in total. The maximum atomic E-state index is 10.4. The smallest absolute Gasteiger partial charge is 0.0991 e. The standard InChI is InChI=1S/C19H27N3O3/c20-9-5-8-16(23)18-19(25)17(24)13-22(18)12-14-6-1-2-7-15(14)21-10-3-4-11-21/h1-2,6-7,16-19,23-25H,3-5,8,10-13H2/t16-,17-,18-,19-/m0/s1. The number of likely N-dealkylation sites (tertiary alicyclic amines) is 1. The van der Waals surface area contributed by atoms with Gasteiger partial charge in [-0.15, -0.1) is 0 Å². The van der Waals surface area contributed by atoms with Crippen LogP contribution in [-0.2, 0) is 6.54 Å². The Kier molecular flexibility index (Phi) is 5.92. The van der Waals surface area contributed by atoms with E-state index in [1.165, 1.54) is 18.5 Å². The predicted molar refractivity (Wildman–Crippen MR) is 95.0 cm³/mol. The first kappa shape index (κ1) is 18.2. The zero-order valence-corrected chi connectivity index (χ0v) is 14.5. The van der Waals surface area contributed by atoms with E-state index in [2.05, 4.69) is 17.0 Å². The molecule has 0 spiro atoms. The van der Waals surface area contributed by atoms with Gasteiger partial charge in [0.15, 0.2) is 0 Å². The summed E-state index contributed by atoms with van der Waals surface area (Å²) in [6, 6.07) is 9.70. The van der Waals surface area contributed by atoms with Gasteiger partial charge in [0.1, 0.15) is 0 Å². The van der Waals surface area contributed by atoms with Crippen LogP contribution in [-0.4, -0.2) is 64.2 Å². The molecule has 2 aliphatic rings. The molecule has 6 heteroatoms. The van der Waals surface area contributed by atoms with Gasteiger partial charge in [0.2, 0.25) is 0 Å². The third kappa shape index (κ3) is 3.96. The average molecular weight is 345 g/mol. The van der Waals surface area contributed by atoms with Crippen LogP contribution in [0.15, 0.2) is 24.3 Å². The maximum absolute atomic E-state index is 10.4. The lowest BCUT2D eigenvalue weighted by Gasteiger charge is -2.31. The first-order valence-electron chi connectivity index (χ1n) is 9.10. The molecular formula is C19H27N3O3. The highest BCUT2D eigenvalue weighted by atomic mass is 16.3. The van der Waals surface area contributed by atoms with Crippen LogP contribution in [0.1, 0.15) is 31.2 Å². The molecular weight excluding hydrogens is 318 g/mol. The van der Waals surface area contributed by atoms with Crippen molar-refractivity contribution in [2.75, 3.05) is 24.5 Å². The molecule has 1 aromatic carbocycles. The second kappa shape index (κ2) is 8.15. The number of hydrogen-bond acceptors (Lipinski definition) is 6. The molecule has 136 valence electrons. The minimum absolute atomic E-state index is 0.235. The molecule has 3 N–H and O–H groups in total. The molecule has 0 aliphatic carbocycles. The molecule has 0 saturated carbocycles. The van der Waals surface area contributed by atoms with Crippen molar-refractivity contribution in [3.05, 3.63) is 29.8 Å². The van der Waals surface area contributed by atoms with E-state index < -0.39 is 24.4 Å². The van der Waals surface area contributed by atoms with Crippen molar-refractivity contribution < 1.29 is 15.3 Å². The Balaban J connectivity index is 1.77. The van der Waals surface area contributed by atoms with Crippen molar-refractivity contribution >= 4 is 5.69 Å². The molecule has 1 aromatic rings. The van der Waals surface area contributed by atoms with Crippen molar-refractivity contribution in [1.29, 1.82) is 5.26 Å². The monoisotopic (exact) mass is 345 g/mol. The molecule has 0 aromatic heterocycles. The molecule has 25 heavy (non-hydrogen) atoms. The Labute approximate surface area is 148 Å². The molecule has 0 bridgehead atoms. The van der Waals surface area contributed by atoms with Crippen LogP contribution in [0.4, 0.5) is 5.69 Å². The van der Waals surface area contributed by atoms with E-state index in [0.717, 1.165) is 18.7 Å². The van der Waals surface area contributed by atoms with Crippen LogP contribution in [0.2, 0.25) is 0 Å². The van der Waals surface area contributed by atoms with E-state index in [1.807, 2.05) is 23.1 Å². The van der Waals surface area contributed by atoms with Crippen LogP contribution in [0.3, 0.4) is 0 Å². The summed E-state index contributed by atoms with van der Waals surface area (Å²) in [4.78, 5) is 4.33. The van der Waals surface area contributed by atoms with Crippen molar-refractivity contribution in [2.45, 2.75) is 56.6 Å². The van der Waals surface area contributed by atoms with Crippen LogP contribution in [0.25, 0.3) is 0 Å². The van der Waals surface area contributed by atoms with Gasteiger partial charge in [0.05, 0.1) is 30.4 Å². The molecule has 2 saturated heterocycles. The average Bonchev–Trinajstić information content (AvgIpc) is 3.23. The Morgan fingerprint density at radius 1 is 1.20 bits per heavy atom. The number of β-amino-alcohol motifs (C(OH)–C–C–N with tert-alkyl or cyclic N) is 1. The fraction of sp³-hybridized carbons (Fsp3) is 0.632. The first-order chi connectivity index (χ1) is 12.1. The number of hydrogen-bond donors (Lipinski definition) is 3. The summed E-state index contributed by atoms with van der Waals surface area (Å²) in [5, 5.41) is 39.6. The van der Waals surface area contributed by atoms with Crippen LogP contribution >= 0.6 is 0 Å². The van der Waals surface area contributed by atoms with Crippen molar-refractivity contribution in [2.24, 2.45) is 0 Å². The fourth-order valence-electron chi connectivity index (χ4n) is 4.07. The molecule has 2 heterocycles. The summed E-state index contributed by atoms with van der Waals surface area (Å²) in [6.45, 7) is 2.99. The molecule has 2 fully saturated rings. The fourth-order valence-corrected chi connectivity index (χ4v) is 4.07. The van der Waals surface area contributed by atoms with Gasteiger partial charge in [0.25, 0.3) is 0 Å². The lowest BCUT2D eigenvalue weighted by molar-refractivity contribution is -0.0143. The van der Waals surface area contributed by atoms with E-state index >= 15 is 0 Å². The highest BCUT2D eigenvalue weighted by Crippen LogP contribution is 2.30. The highest BCUT2D eigenvalue weighted by Gasteiger charge is 2.43. The van der Waals surface area contributed by atoms with Crippen LogP contribution < -0.4 is 4.90 Å². The van der Waals surface area contributed by atoms with Gasteiger partial charge in [-0.3, -0.25) is 4.90 Å². The van der Waals surface area contributed by atoms with Gasteiger partial charge in [-0.1, -0.05) is 18.2 Å². The zero-order chi connectivity index (χ0) is 17.8. The second-order valence-corrected chi connectivity index (χ2v) is 7.06. The minimum Gasteiger partial charge on any atom is -0.391 e. The number of benzene rings is 1. The summed E-state index contributed by atoms with van der Waals surface area (Å²) in [6.07, 6.45) is 0.239. The Bertz CT molecular complexity index is 612. The van der Waals surface area contributed by atoms with Gasteiger partial charge in [0, 0.05) is 38.3 Å². The van der Waals surface area contributed by atoms with Gasteiger partial charge >= 0.3 is 0 Å². The first-order valence-corrected chi connectivity index (χ1v) is 9.10. The molecule has 0 radical (unpaired) electrons. The molecule has 2 aliphatic heterocycles. The topological polar surface area (TPSA) is 91.0 Å². The predicted octanol–water partition coefficient (Wildman–Crippen LogP) is 0.857. The Hall–Kier alpha value is -1.65. The third-order valence-corrected chi connectivity index (χ3v) is 5.35. The number of nitriles is 1.